The van der Waals surface area contributed by atoms with Crippen LogP contribution in [0.3, 0.4) is 0 Å². The van der Waals surface area contributed by atoms with Crippen LogP contribution in [-0.4, -0.2) is 29.9 Å². The first-order valence-corrected chi connectivity index (χ1v) is 7.03. The van der Waals surface area contributed by atoms with E-state index in [1.54, 1.807) is 0 Å². The van der Waals surface area contributed by atoms with E-state index in [0.717, 1.165) is 16.7 Å². The molecule has 0 fully saturated rings. The van der Waals surface area contributed by atoms with Crippen molar-refractivity contribution in [3.63, 3.8) is 0 Å². The number of benzene rings is 2. The fourth-order valence-electron chi connectivity index (χ4n) is 1.89. The fraction of sp³-hybridized carbons (Fsp3) is 0.167. The van der Waals surface area contributed by atoms with Crippen molar-refractivity contribution in [2.75, 3.05) is 13.6 Å². The maximum absolute atomic E-state index is 11.2. The van der Waals surface area contributed by atoms with Crippen LogP contribution >= 0.6 is 0 Å². The van der Waals surface area contributed by atoms with Crippen molar-refractivity contribution in [3.8, 4) is 11.8 Å². The average Bonchev–Trinajstić information content (AvgIpc) is 2.59. The van der Waals surface area contributed by atoms with Gasteiger partial charge in [-0.1, -0.05) is 42.2 Å². The fourth-order valence-corrected chi connectivity index (χ4v) is 1.89. The van der Waals surface area contributed by atoms with Gasteiger partial charge in [-0.2, -0.15) is 0 Å². The third-order valence-corrected chi connectivity index (χ3v) is 3.14. The Bertz CT molecular complexity index is 670. The van der Waals surface area contributed by atoms with E-state index in [9.17, 15) is 10.0 Å². The number of hydrogen-bond donors (Lipinski definition) is 2. The number of amides is 2. The van der Waals surface area contributed by atoms with Crippen LogP contribution < -0.4 is 5.32 Å². The van der Waals surface area contributed by atoms with Crippen molar-refractivity contribution in [2.45, 2.75) is 6.42 Å². The van der Waals surface area contributed by atoms with Gasteiger partial charge in [-0.05, 0) is 36.2 Å². The predicted octanol–water partition coefficient (Wildman–Crippen LogP) is 2.66. The second-order valence-electron chi connectivity index (χ2n) is 4.74. The quantitative estimate of drug-likeness (QED) is 0.519. The standard InChI is InChI=1S/C18H18N2O2/c1-19-18(21)20(22)14-13-17-11-9-16(10-12-17)8-7-15-5-3-2-4-6-15/h2-6,9-12,22H,13-14H2,1H3,(H,19,21). The maximum Gasteiger partial charge on any atom is 0.340 e. The Labute approximate surface area is 130 Å². The van der Waals surface area contributed by atoms with Crippen LogP contribution in [-0.2, 0) is 6.42 Å². The molecule has 0 bridgehead atoms. The van der Waals surface area contributed by atoms with Gasteiger partial charge in [0.2, 0.25) is 0 Å². The van der Waals surface area contributed by atoms with Gasteiger partial charge < -0.3 is 5.32 Å². The van der Waals surface area contributed by atoms with Crippen molar-refractivity contribution >= 4 is 6.03 Å². The summed E-state index contributed by atoms with van der Waals surface area (Å²) in [6.45, 7) is 0.245. The van der Waals surface area contributed by atoms with Crippen molar-refractivity contribution in [2.24, 2.45) is 0 Å². The smallest absolute Gasteiger partial charge is 0.339 e. The second-order valence-corrected chi connectivity index (χ2v) is 4.74. The van der Waals surface area contributed by atoms with Gasteiger partial charge in [-0.25, -0.2) is 9.86 Å². The number of rotatable bonds is 3. The molecule has 0 aliphatic carbocycles. The Balaban J connectivity index is 1.94. The van der Waals surface area contributed by atoms with E-state index >= 15 is 0 Å². The number of hydroxylamine groups is 2. The van der Waals surface area contributed by atoms with Crippen LogP contribution in [0.25, 0.3) is 0 Å². The zero-order valence-corrected chi connectivity index (χ0v) is 12.4. The van der Waals surface area contributed by atoms with Gasteiger partial charge in [0.25, 0.3) is 0 Å². The number of carbonyl (C=O) groups is 1. The van der Waals surface area contributed by atoms with Crippen LogP contribution in [0.15, 0.2) is 54.6 Å². The summed E-state index contributed by atoms with van der Waals surface area (Å²) in [5.41, 5.74) is 2.95. The molecule has 112 valence electrons. The Hall–Kier alpha value is -2.77. The molecule has 2 aromatic rings. The zero-order chi connectivity index (χ0) is 15.8. The third kappa shape index (κ3) is 4.65. The molecule has 0 heterocycles. The first kappa shape index (κ1) is 15.6. The summed E-state index contributed by atoms with van der Waals surface area (Å²) in [5, 5.41) is 12.5. The molecular formula is C18H18N2O2. The van der Waals surface area contributed by atoms with E-state index in [2.05, 4.69) is 17.2 Å². The van der Waals surface area contributed by atoms with Gasteiger partial charge in [0.05, 0.1) is 6.54 Å². The summed E-state index contributed by atoms with van der Waals surface area (Å²) in [6.07, 6.45) is 0.580. The molecule has 4 nitrogen and oxygen atoms in total. The number of nitrogens with zero attached hydrogens (tertiary/aromatic N) is 1. The number of nitrogens with one attached hydrogen (secondary N) is 1. The summed E-state index contributed by atoms with van der Waals surface area (Å²) >= 11 is 0. The van der Waals surface area contributed by atoms with Gasteiger partial charge >= 0.3 is 6.03 Å². The summed E-state index contributed by atoms with van der Waals surface area (Å²) in [6, 6.07) is 17.1. The van der Waals surface area contributed by atoms with E-state index in [1.165, 1.54) is 7.05 Å². The molecule has 0 aliphatic rings. The molecule has 2 aromatic carbocycles. The summed E-state index contributed by atoms with van der Waals surface area (Å²) < 4.78 is 0. The summed E-state index contributed by atoms with van der Waals surface area (Å²) in [4.78, 5) is 11.2. The van der Waals surface area contributed by atoms with E-state index in [0.29, 0.717) is 11.5 Å². The zero-order valence-electron chi connectivity index (χ0n) is 12.4. The Morgan fingerprint density at radius 3 is 2.23 bits per heavy atom. The highest BCUT2D eigenvalue weighted by Crippen LogP contribution is 2.05. The number of urea groups is 1. The molecule has 0 atom stereocenters. The van der Waals surface area contributed by atoms with Gasteiger partial charge in [0, 0.05) is 18.2 Å². The lowest BCUT2D eigenvalue weighted by molar-refractivity contribution is -0.0413. The van der Waals surface area contributed by atoms with Gasteiger partial charge in [-0.3, -0.25) is 5.21 Å². The molecule has 0 radical (unpaired) electrons. The van der Waals surface area contributed by atoms with E-state index < -0.39 is 6.03 Å². The molecule has 22 heavy (non-hydrogen) atoms. The molecule has 0 saturated carbocycles. The van der Waals surface area contributed by atoms with E-state index in [4.69, 9.17) is 0 Å². The molecule has 2 amide bonds. The molecule has 2 rings (SSSR count). The lowest BCUT2D eigenvalue weighted by atomic mass is 10.1. The summed E-state index contributed by atoms with van der Waals surface area (Å²) in [5.74, 6) is 6.21. The van der Waals surface area contributed by atoms with Crippen molar-refractivity contribution in [1.82, 2.24) is 10.4 Å². The molecule has 0 spiro atoms. The van der Waals surface area contributed by atoms with E-state index in [-0.39, 0.29) is 6.54 Å². The largest absolute Gasteiger partial charge is 0.340 e. The number of carbonyl (C=O) groups excluding carboxylic acids is 1. The molecular weight excluding hydrogens is 276 g/mol. The van der Waals surface area contributed by atoms with Crippen molar-refractivity contribution in [1.29, 1.82) is 0 Å². The lowest BCUT2D eigenvalue weighted by Gasteiger charge is -2.13. The van der Waals surface area contributed by atoms with E-state index in [1.807, 2.05) is 54.6 Å². The monoisotopic (exact) mass is 294 g/mol. The first-order valence-electron chi connectivity index (χ1n) is 7.03. The van der Waals surface area contributed by atoms with Crippen molar-refractivity contribution < 1.29 is 10.0 Å². The highest BCUT2D eigenvalue weighted by molar-refractivity contribution is 5.72. The Morgan fingerprint density at radius 2 is 1.64 bits per heavy atom. The SMILES string of the molecule is CNC(=O)N(O)CCc1ccc(C#Cc2ccccc2)cc1. The molecule has 0 aliphatic heterocycles. The first-order chi connectivity index (χ1) is 10.7. The van der Waals surface area contributed by atoms with Crippen LogP contribution in [0, 0.1) is 11.8 Å². The predicted molar refractivity (Wildman–Crippen MR) is 85.5 cm³/mol. The highest BCUT2D eigenvalue weighted by atomic mass is 16.5. The topological polar surface area (TPSA) is 52.6 Å². The Morgan fingerprint density at radius 1 is 1.05 bits per heavy atom. The number of hydrogen-bond acceptors (Lipinski definition) is 2. The van der Waals surface area contributed by atoms with Crippen molar-refractivity contribution in [3.05, 3.63) is 71.3 Å². The minimum Gasteiger partial charge on any atom is -0.339 e. The highest BCUT2D eigenvalue weighted by Gasteiger charge is 2.07. The average molecular weight is 294 g/mol. The Kier molecular flexibility index (Phi) is 5.58. The maximum atomic E-state index is 11.2. The van der Waals surface area contributed by atoms with Gasteiger partial charge in [-0.15, -0.1) is 0 Å². The third-order valence-electron chi connectivity index (χ3n) is 3.14. The minimum absolute atomic E-state index is 0.245. The summed E-state index contributed by atoms with van der Waals surface area (Å²) in [7, 11) is 1.48. The molecule has 0 aromatic heterocycles. The normalized spacial score (nSPS) is 9.55. The molecule has 4 heteroatoms. The molecule has 2 N–H and O–H groups in total. The van der Waals surface area contributed by atoms with Crippen LogP contribution in [0.1, 0.15) is 16.7 Å². The molecule has 0 saturated heterocycles. The molecule has 0 unspecified atom stereocenters. The van der Waals surface area contributed by atoms with Crippen LogP contribution in [0.2, 0.25) is 0 Å². The minimum atomic E-state index is -0.509. The van der Waals surface area contributed by atoms with Gasteiger partial charge in [0.1, 0.15) is 0 Å². The van der Waals surface area contributed by atoms with Crippen LogP contribution in [0.4, 0.5) is 4.79 Å². The van der Waals surface area contributed by atoms with Gasteiger partial charge in [0.15, 0.2) is 0 Å². The van der Waals surface area contributed by atoms with Crippen LogP contribution in [0.5, 0.6) is 0 Å². The lowest BCUT2D eigenvalue weighted by Crippen LogP contribution is -2.36. The second kappa shape index (κ2) is 7.87.